The molecule has 92 valence electrons. The van der Waals surface area contributed by atoms with Crippen LogP contribution in [0.2, 0.25) is 0 Å². The van der Waals surface area contributed by atoms with Crippen molar-refractivity contribution in [3.8, 4) is 0 Å². The molecule has 0 saturated heterocycles. The first-order chi connectivity index (χ1) is 7.38. The molecule has 1 nitrogen and oxygen atoms in total. The van der Waals surface area contributed by atoms with E-state index in [0.29, 0.717) is 0 Å². The molecule has 0 aromatic carbocycles. The van der Waals surface area contributed by atoms with Gasteiger partial charge in [0.25, 0.3) is 0 Å². The summed E-state index contributed by atoms with van der Waals surface area (Å²) >= 11 is 1.87. The molecule has 0 aliphatic rings. The summed E-state index contributed by atoms with van der Waals surface area (Å²) in [5, 5.41) is 5.75. The van der Waals surface area contributed by atoms with Crippen LogP contribution in [0.25, 0.3) is 0 Å². The summed E-state index contributed by atoms with van der Waals surface area (Å²) < 4.78 is 0. The fourth-order valence-corrected chi connectivity index (χ4v) is 2.46. The Morgan fingerprint density at radius 3 is 2.44 bits per heavy atom. The maximum Gasteiger partial charge on any atom is 0.00966 e. The Hall–Kier alpha value is -0.340. The Kier molecular flexibility index (Phi) is 5.00. The Morgan fingerprint density at radius 1 is 1.25 bits per heavy atom. The second-order valence-electron chi connectivity index (χ2n) is 5.87. The first-order valence-corrected chi connectivity index (χ1v) is 7.04. The third-order valence-electron chi connectivity index (χ3n) is 3.03. The van der Waals surface area contributed by atoms with Crippen LogP contribution in [0.15, 0.2) is 17.5 Å². The van der Waals surface area contributed by atoms with E-state index in [1.165, 1.54) is 11.3 Å². The average molecular weight is 239 g/mol. The molecule has 16 heavy (non-hydrogen) atoms. The van der Waals surface area contributed by atoms with Gasteiger partial charge in [-0.2, -0.15) is 0 Å². The SMILES string of the molecule is CC(CNC(C)(C)C)C(C)Cc1cccs1. The van der Waals surface area contributed by atoms with Gasteiger partial charge in [-0.25, -0.2) is 0 Å². The lowest BCUT2D eigenvalue weighted by Gasteiger charge is -2.26. The fourth-order valence-electron chi connectivity index (χ4n) is 1.62. The van der Waals surface area contributed by atoms with Crippen molar-refractivity contribution in [3.63, 3.8) is 0 Å². The van der Waals surface area contributed by atoms with Gasteiger partial charge in [0, 0.05) is 10.4 Å². The molecule has 2 unspecified atom stereocenters. The Morgan fingerprint density at radius 2 is 1.94 bits per heavy atom. The highest BCUT2D eigenvalue weighted by Gasteiger charge is 2.16. The lowest BCUT2D eigenvalue weighted by atomic mass is 9.91. The summed E-state index contributed by atoms with van der Waals surface area (Å²) in [6.45, 7) is 12.5. The largest absolute Gasteiger partial charge is 0.312 e. The van der Waals surface area contributed by atoms with Gasteiger partial charge in [0.05, 0.1) is 0 Å². The van der Waals surface area contributed by atoms with Crippen molar-refractivity contribution >= 4 is 11.3 Å². The summed E-state index contributed by atoms with van der Waals surface area (Å²) in [5.74, 6) is 1.47. The van der Waals surface area contributed by atoms with Crippen LogP contribution in [-0.4, -0.2) is 12.1 Å². The number of hydrogen-bond acceptors (Lipinski definition) is 2. The van der Waals surface area contributed by atoms with Crippen molar-refractivity contribution in [1.82, 2.24) is 5.32 Å². The molecule has 0 aliphatic carbocycles. The van der Waals surface area contributed by atoms with Crippen molar-refractivity contribution < 1.29 is 0 Å². The van der Waals surface area contributed by atoms with Gasteiger partial charge in [0.15, 0.2) is 0 Å². The predicted molar refractivity (Wildman–Crippen MR) is 74.1 cm³/mol. The van der Waals surface area contributed by atoms with E-state index in [4.69, 9.17) is 0 Å². The van der Waals surface area contributed by atoms with E-state index in [9.17, 15) is 0 Å². The highest BCUT2D eigenvalue weighted by Crippen LogP contribution is 2.20. The van der Waals surface area contributed by atoms with E-state index in [1.54, 1.807) is 0 Å². The topological polar surface area (TPSA) is 12.0 Å². The maximum atomic E-state index is 3.59. The Labute approximate surface area is 104 Å². The van der Waals surface area contributed by atoms with Crippen molar-refractivity contribution in [3.05, 3.63) is 22.4 Å². The molecule has 1 heterocycles. The molecule has 0 bridgehead atoms. The van der Waals surface area contributed by atoms with Gasteiger partial charge >= 0.3 is 0 Å². The number of thiophene rings is 1. The van der Waals surface area contributed by atoms with Gasteiger partial charge in [-0.05, 0) is 57.0 Å². The summed E-state index contributed by atoms with van der Waals surface area (Å²) in [4.78, 5) is 1.51. The maximum absolute atomic E-state index is 3.59. The molecule has 2 heteroatoms. The minimum Gasteiger partial charge on any atom is -0.312 e. The van der Waals surface area contributed by atoms with Gasteiger partial charge < -0.3 is 5.32 Å². The normalized spacial score (nSPS) is 16.1. The van der Waals surface area contributed by atoms with E-state index in [-0.39, 0.29) is 5.54 Å². The molecular weight excluding hydrogens is 214 g/mol. The second-order valence-corrected chi connectivity index (χ2v) is 6.90. The lowest BCUT2D eigenvalue weighted by molar-refractivity contribution is 0.318. The number of rotatable bonds is 5. The molecule has 0 fully saturated rings. The quantitative estimate of drug-likeness (QED) is 0.820. The molecule has 0 radical (unpaired) electrons. The van der Waals surface area contributed by atoms with E-state index in [2.05, 4.69) is 57.4 Å². The minimum atomic E-state index is 0.233. The van der Waals surface area contributed by atoms with E-state index in [0.717, 1.165) is 18.4 Å². The van der Waals surface area contributed by atoms with Crippen LogP contribution in [0.4, 0.5) is 0 Å². The highest BCUT2D eigenvalue weighted by atomic mass is 32.1. The fraction of sp³-hybridized carbons (Fsp3) is 0.714. The standard InChI is InChI=1S/C14H25NS/c1-11(9-13-7-6-8-16-13)12(2)10-15-14(3,4)5/h6-8,11-12,15H,9-10H2,1-5H3. The Bertz CT molecular complexity index is 284. The van der Waals surface area contributed by atoms with Crippen LogP contribution in [0.3, 0.4) is 0 Å². The van der Waals surface area contributed by atoms with Crippen LogP contribution >= 0.6 is 11.3 Å². The van der Waals surface area contributed by atoms with Gasteiger partial charge in [-0.1, -0.05) is 19.9 Å². The van der Waals surface area contributed by atoms with Crippen molar-refractivity contribution in [2.45, 2.75) is 46.6 Å². The van der Waals surface area contributed by atoms with E-state index < -0.39 is 0 Å². The van der Waals surface area contributed by atoms with Crippen LogP contribution in [0.5, 0.6) is 0 Å². The molecule has 1 rings (SSSR count). The molecule has 0 saturated carbocycles. The number of nitrogens with one attached hydrogen (secondary N) is 1. The van der Waals surface area contributed by atoms with Crippen molar-refractivity contribution in [2.75, 3.05) is 6.54 Å². The third kappa shape index (κ3) is 5.13. The van der Waals surface area contributed by atoms with Gasteiger partial charge in [0.2, 0.25) is 0 Å². The van der Waals surface area contributed by atoms with Crippen LogP contribution in [0, 0.1) is 11.8 Å². The second kappa shape index (κ2) is 5.83. The molecule has 1 aromatic heterocycles. The van der Waals surface area contributed by atoms with E-state index >= 15 is 0 Å². The van der Waals surface area contributed by atoms with Gasteiger partial charge in [0.1, 0.15) is 0 Å². The Balaban J connectivity index is 2.33. The molecule has 1 N–H and O–H groups in total. The van der Waals surface area contributed by atoms with Crippen molar-refractivity contribution in [1.29, 1.82) is 0 Å². The third-order valence-corrected chi connectivity index (χ3v) is 3.93. The first kappa shape index (κ1) is 13.7. The average Bonchev–Trinajstić information content (AvgIpc) is 2.65. The van der Waals surface area contributed by atoms with E-state index in [1.807, 2.05) is 11.3 Å². The van der Waals surface area contributed by atoms with Crippen LogP contribution in [-0.2, 0) is 6.42 Å². The minimum absolute atomic E-state index is 0.233. The zero-order valence-electron chi connectivity index (χ0n) is 11.2. The molecule has 0 amide bonds. The van der Waals surface area contributed by atoms with Crippen molar-refractivity contribution in [2.24, 2.45) is 11.8 Å². The van der Waals surface area contributed by atoms with Gasteiger partial charge in [-0.3, -0.25) is 0 Å². The summed E-state index contributed by atoms with van der Waals surface area (Å²) in [5.41, 5.74) is 0.233. The molecular formula is C14H25NS. The van der Waals surface area contributed by atoms with Gasteiger partial charge in [-0.15, -0.1) is 11.3 Å². The number of hydrogen-bond donors (Lipinski definition) is 1. The first-order valence-electron chi connectivity index (χ1n) is 6.16. The zero-order valence-corrected chi connectivity index (χ0v) is 12.0. The smallest absolute Gasteiger partial charge is 0.00966 e. The lowest BCUT2D eigenvalue weighted by Crippen LogP contribution is -2.40. The molecule has 0 aliphatic heterocycles. The zero-order chi connectivity index (χ0) is 12.2. The molecule has 0 spiro atoms. The summed E-state index contributed by atoms with van der Waals surface area (Å²) in [6.07, 6.45) is 1.21. The highest BCUT2D eigenvalue weighted by molar-refractivity contribution is 7.09. The molecule has 2 atom stereocenters. The predicted octanol–water partition coefficient (Wildman–Crippen LogP) is 3.95. The molecule has 1 aromatic rings. The summed E-state index contributed by atoms with van der Waals surface area (Å²) in [6, 6.07) is 4.38. The monoisotopic (exact) mass is 239 g/mol. The van der Waals surface area contributed by atoms with Crippen LogP contribution < -0.4 is 5.32 Å². The summed E-state index contributed by atoms with van der Waals surface area (Å²) in [7, 11) is 0. The van der Waals surface area contributed by atoms with Crippen LogP contribution in [0.1, 0.15) is 39.5 Å².